The van der Waals surface area contributed by atoms with Crippen LogP contribution >= 0.6 is 0 Å². The van der Waals surface area contributed by atoms with E-state index in [0.29, 0.717) is 24.5 Å². The van der Waals surface area contributed by atoms with E-state index in [0.717, 1.165) is 49.0 Å². The molecule has 3 aromatic heterocycles. The van der Waals surface area contributed by atoms with Gasteiger partial charge < -0.3 is 14.1 Å². The summed E-state index contributed by atoms with van der Waals surface area (Å²) in [5.41, 5.74) is 2.15. The Morgan fingerprint density at radius 2 is 2.11 bits per heavy atom. The van der Waals surface area contributed by atoms with E-state index in [4.69, 9.17) is 9.15 Å². The van der Waals surface area contributed by atoms with Gasteiger partial charge in [0.15, 0.2) is 5.82 Å². The molecular formula is C28H36N6O3. The zero-order valence-corrected chi connectivity index (χ0v) is 22.1. The summed E-state index contributed by atoms with van der Waals surface area (Å²) in [5.74, 6) is 1.44. The minimum atomic E-state index is -0.506. The van der Waals surface area contributed by atoms with E-state index in [1.54, 1.807) is 6.26 Å². The maximum atomic E-state index is 13.7. The molecule has 0 bridgehead atoms. The van der Waals surface area contributed by atoms with Crippen molar-refractivity contribution in [2.24, 2.45) is 0 Å². The number of nitrogens with zero attached hydrogens (tertiary/aromatic N) is 5. The van der Waals surface area contributed by atoms with Crippen molar-refractivity contribution in [3.63, 3.8) is 0 Å². The summed E-state index contributed by atoms with van der Waals surface area (Å²) in [7, 11) is 0. The van der Waals surface area contributed by atoms with Gasteiger partial charge in [0.25, 0.3) is 5.56 Å². The van der Waals surface area contributed by atoms with Crippen LogP contribution in [0.1, 0.15) is 75.7 Å². The van der Waals surface area contributed by atoms with Gasteiger partial charge in [-0.1, -0.05) is 19.9 Å². The van der Waals surface area contributed by atoms with Gasteiger partial charge in [-0.2, -0.15) is 0 Å². The fourth-order valence-electron chi connectivity index (χ4n) is 5.05. The first-order valence-electron chi connectivity index (χ1n) is 13.2. The highest BCUT2D eigenvalue weighted by molar-refractivity contribution is 5.80. The summed E-state index contributed by atoms with van der Waals surface area (Å²) in [5, 5.41) is 14.0. The molecule has 5 rings (SSSR count). The van der Waals surface area contributed by atoms with Crippen LogP contribution in [0.5, 0.6) is 0 Å². The van der Waals surface area contributed by atoms with Crippen LogP contribution in [-0.4, -0.2) is 49.3 Å². The molecule has 0 saturated carbocycles. The van der Waals surface area contributed by atoms with Crippen LogP contribution in [0.2, 0.25) is 0 Å². The summed E-state index contributed by atoms with van der Waals surface area (Å²) in [6, 6.07) is 11.5. The second kappa shape index (κ2) is 10.6. The van der Waals surface area contributed by atoms with Gasteiger partial charge in [0.05, 0.1) is 24.5 Å². The summed E-state index contributed by atoms with van der Waals surface area (Å²) in [6.45, 7) is 10.3. The van der Waals surface area contributed by atoms with Gasteiger partial charge in [-0.25, -0.2) is 4.68 Å². The Hall–Kier alpha value is -3.30. The number of aryl methyl sites for hydroxylation is 1. The summed E-state index contributed by atoms with van der Waals surface area (Å²) in [4.78, 5) is 19.0. The van der Waals surface area contributed by atoms with Gasteiger partial charge in [-0.05, 0) is 91.2 Å². The van der Waals surface area contributed by atoms with Crippen LogP contribution in [0, 0.1) is 0 Å². The quantitative estimate of drug-likeness (QED) is 0.337. The minimum absolute atomic E-state index is 0.0622. The van der Waals surface area contributed by atoms with E-state index in [1.807, 2.05) is 28.9 Å². The molecule has 1 aliphatic heterocycles. The second-order valence-corrected chi connectivity index (χ2v) is 10.5. The molecule has 4 heterocycles. The molecule has 1 fully saturated rings. The molecule has 0 aliphatic carbocycles. The summed E-state index contributed by atoms with van der Waals surface area (Å²) in [6.07, 6.45) is 5.48. The van der Waals surface area contributed by atoms with Crippen LogP contribution in [-0.2, 0) is 23.2 Å². The van der Waals surface area contributed by atoms with E-state index in [-0.39, 0.29) is 17.2 Å². The number of benzene rings is 1. The number of pyridine rings is 1. The van der Waals surface area contributed by atoms with Gasteiger partial charge in [-0.3, -0.25) is 9.69 Å². The lowest BCUT2D eigenvalue weighted by Crippen LogP contribution is -2.41. The van der Waals surface area contributed by atoms with Crippen molar-refractivity contribution in [2.45, 2.75) is 77.6 Å². The lowest BCUT2D eigenvalue weighted by atomic mass is 9.98. The Bertz CT molecular complexity index is 1380. The highest BCUT2D eigenvalue weighted by Crippen LogP contribution is 2.33. The number of nitrogens with one attached hydrogen (secondary N) is 1. The number of aromatic amines is 1. The Morgan fingerprint density at radius 1 is 1.24 bits per heavy atom. The Kier molecular flexibility index (Phi) is 7.26. The largest absolute Gasteiger partial charge is 0.468 e. The average Bonchev–Trinajstić information content (AvgIpc) is 3.68. The van der Waals surface area contributed by atoms with Crippen molar-refractivity contribution in [3.05, 3.63) is 75.7 Å². The Balaban J connectivity index is 1.70. The third-order valence-electron chi connectivity index (χ3n) is 7.58. The third kappa shape index (κ3) is 5.24. The molecule has 9 nitrogen and oxygen atoms in total. The van der Waals surface area contributed by atoms with E-state index < -0.39 is 6.04 Å². The standard InChI is InChI=1S/C28H36N6O3/c1-5-19-11-12-24-20(15-19)16-23(27(35)29-24)25(26-30-31-32-34(26)28(3,4)6-2)33(17-21-9-7-13-36-21)18-22-10-8-14-37-22/h7,9,11-13,15-16,22,25H,5-6,8,10,14,17-18H2,1-4H3,(H,29,35)/t22-,25+/m0/s1. The van der Waals surface area contributed by atoms with Crippen molar-refractivity contribution in [1.82, 2.24) is 30.1 Å². The van der Waals surface area contributed by atoms with Crippen LogP contribution in [0.25, 0.3) is 10.9 Å². The van der Waals surface area contributed by atoms with Crippen molar-refractivity contribution in [2.75, 3.05) is 13.2 Å². The number of fused-ring (bicyclic) bond motifs is 1. The van der Waals surface area contributed by atoms with Crippen molar-refractivity contribution in [1.29, 1.82) is 0 Å². The number of hydrogen-bond donors (Lipinski definition) is 1. The second-order valence-electron chi connectivity index (χ2n) is 10.5. The molecule has 0 unspecified atom stereocenters. The predicted octanol–water partition coefficient (Wildman–Crippen LogP) is 4.59. The zero-order chi connectivity index (χ0) is 26.0. The first-order chi connectivity index (χ1) is 17.9. The van der Waals surface area contributed by atoms with Crippen LogP contribution < -0.4 is 5.56 Å². The molecule has 1 aliphatic rings. The number of rotatable bonds is 10. The molecule has 9 heteroatoms. The number of aromatic nitrogens is 5. The first kappa shape index (κ1) is 25.4. The highest BCUT2D eigenvalue weighted by Gasteiger charge is 2.36. The number of furan rings is 1. The van der Waals surface area contributed by atoms with Crippen molar-refractivity contribution in [3.8, 4) is 0 Å². The lowest BCUT2D eigenvalue weighted by molar-refractivity contribution is 0.0534. The average molecular weight is 505 g/mol. The van der Waals surface area contributed by atoms with Crippen LogP contribution in [0.3, 0.4) is 0 Å². The van der Waals surface area contributed by atoms with Gasteiger partial charge in [0, 0.05) is 24.2 Å². The maximum Gasteiger partial charge on any atom is 0.253 e. The molecule has 0 spiro atoms. The van der Waals surface area contributed by atoms with E-state index >= 15 is 0 Å². The number of ether oxygens (including phenoxy) is 1. The highest BCUT2D eigenvalue weighted by atomic mass is 16.5. The monoisotopic (exact) mass is 504 g/mol. The van der Waals surface area contributed by atoms with Crippen LogP contribution in [0.15, 0.2) is 51.9 Å². The normalized spacial score (nSPS) is 17.2. The number of tetrazole rings is 1. The van der Waals surface area contributed by atoms with Crippen molar-refractivity contribution >= 4 is 10.9 Å². The number of H-pyrrole nitrogens is 1. The van der Waals surface area contributed by atoms with Gasteiger partial charge in [-0.15, -0.1) is 5.10 Å². The fourth-order valence-corrected chi connectivity index (χ4v) is 5.05. The molecule has 1 N–H and O–H groups in total. The predicted molar refractivity (Wildman–Crippen MR) is 141 cm³/mol. The third-order valence-corrected chi connectivity index (χ3v) is 7.58. The minimum Gasteiger partial charge on any atom is -0.468 e. The topological polar surface area (TPSA) is 102 Å². The molecule has 4 aromatic rings. The molecule has 1 aromatic carbocycles. The molecule has 0 radical (unpaired) electrons. The Morgan fingerprint density at radius 3 is 2.81 bits per heavy atom. The lowest BCUT2D eigenvalue weighted by Gasteiger charge is -2.34. The van der Waals surface area contributed by atoms with Gasteiger partial charge in [0.1, 0.15) is 11.8 Å². The van der Waals surface area contributed by atoms with Gasteiger partial charge in [0.2, 0.25) is 0 Å². The number of hydrogen-bond acceptors (Lipinski definition) is 7. The SMILES string of the molecule is CCc1ccc2[nH]c(=O)c([C@H](c3nnnn3C(C)(C)CC)N(Cc3ccco3)C[C@@H]3CCCO3)cc2c1. The zero-order valence-electron chi connectivity index (χ0n) is 22.1. The molecule has 1 saturated heterocycles. The molecular weight excluding hydrogens is 468 g/mol. The molecule has 2 atom stereocenters. The summed E-state index contributed by atoms with van der Waals surface area (Å²) >= 11 is 0. The van der Waals surface area contributed by atoms with Crippen LogP contribution in [0.4, 0.5) is 0 Å². The first-order valence-corrected chi connectivity index (χ1v) is 13.2. The molecule has 196 valence electrons. The Labute approximate surface area is 216 Å². The molecule has 37 heavy (non-hydrogen) atoms. The molecule has 0 amide bonds. The maximum absolute atomic E-state index is 13.7. The van der Waals surface area contributed by atoms with E-state index in [1.165, 1.54) is 5.56 Å². The van der Waals surface area contributed by atoms with Gasteiger partial charge >= 0.3 is 0 Å². The van der Waals surface area contributed by atoms with Crippen molar-refractivity contribution < 1.29 is 9.15 Å². The van der Waals surface area contributed by atoms with E-state index in [9.17, 15) is 4.79 Å². The smallest absolute Gasteiger partial charge is 0.253 e. The van der Waals surface area contributed by atoms with E-state index in [2.05, 4.69) is 65.2 Å². The fraction of sp³-hybridized carbons (Fsp3) is 0.500. The summed E-state index contributed by atoms with van der Waals surface area (Å²) < 4.78 is 13.7.